The van der Waals surface area contributed by atoms with Crippen LogP contribution in [0.2, 0.25) is 0 Å². The molecule has 1 amide bonds. The number of benzene rings is 1. The summed E-state index contributed by atoms with van der Waals surface area (Å²) in [4.78, 5) is 13.7. The molecule has 0 aliphatic carbocycles. The summed E-state index contributed by atoms with van der Waals surface area (Å²) in [7, 11) is 1.79. The van der Waals surface area contributed by atoms with E-state index in [9.17, 15) is 4.79 Å². The summed E-state index contributed by atoms with van der Waals surface area (Å²) in [5, 5.41) is 8.96. The van der Waals surface area contributed by atoms with Gasteiger partial charge < -0.3 is 4.90 Å². The lowest BCUT2D eigenvalue weighted by atomic mass is 10.0. The number of amides is 1. The maximum Gasteiger partial charge on any atom is 0.223 e. The van der Waals surface area contributed by atoms with Crippen molar-refractivity contribution in [2.75, 3.05) is 7.05 Å². The van der Waals surface area contributed by atoms with Gasteiger partial charge in [-0.05, 0) is 12.0 Å². The molecule has 0 bridgehead atoms. The van der Waals surface area contributed by atoms with Crippen LogP contribution in [-0.2, 0) is 11.3 Å². The minimum Gasteiger partial charge on any atom is -0.341 e. The fraction of sp³-hybridized carbons (Fsp3) is 0.467. The predicted molar refractivity (Wildman–Crippen MR) is 71.5 cm³/mol. The van der Waals surface area contributed by atoms with Gasteiger partial charge in [0, 0.05) is 20.0 Å². The van der Waals surface area contributed by atoms with Crippen molar-refractivity contribution >= 4 is 5.91 Å². The van der Waals surface area contributed by atoms with Crippen LogP contribution in [0.4, 0.5) is 0 Å². The van der Waals surface area contributed by atoms with E-state index in [1.54, 1.807) is 11.9 Å². The predicted octanol–water partition coefficient (Wildman–Crippen LogP) is 2.97. The Kier molecular flexibility index (Phi) is 5.93. The zero-order valence-corrected chi connectivity index (χ0v) is 11.1. The molecule has 0 N–H and O–H groups in total. The molecular weight excluding hydrogens is 224 g/mol. The Hall–Kier alpha value is -1.82. The number of carbonyl (C=O) groups excluding carboxylic acids is 1. The third kappa shape index (κ3) is 4.58. The van der Waals surface area contributed by atoms with Gasteiger partial charge in [-0.1, -0.05) is 43.7 Å². The van der Waals surface area contributed by atoms with Gasteiger partial charge >= 0.3 is 0 Å². The molecule has 1 rings (SSSR count). The van der Waals surface area contributed by atoms with Crippen LogP contribution in [0.3, 0.4) is 0 Å². The molecular formula is C15H20N2O. The number of hydrogen-bond donors (Lipinski definition) is 0. The van der Waals surface area contributed by atoms with Gasteiger partial charge in [-0.3, -0.25) is 4.79 Å². The van der Waals surface area contributed by atoms with Crippen LogP contribution >= 0.6 is 0 Å². The van der Waals surface area contributed by atoms with E-state index < -0.39 is 0 Å². The van der Waals surface area contributed by atoms with Crippen LogP contribution in [0.15, 0.2) is 30.3 Å². The first-order valence-electron chi connectivity index (χ1n) is 6.34. The van der Waals surface area contributed by atoms with Gasteiger partial charge in [0.05, 0.1) is 12.0 Å². The summed E-state index contributed by atoms with van der Waals surface area (Å²) in [5.41, 5.74) is 1.11. The Morgan fingerprint density at radius 1 is 1.39 bits per heavy atom. The van der Waals surface area contributed by atoms with Gasteiger partial charge in [-0.2, -0.15) is 5.26 Å². The molecule has 0 radical (unpaired) electrons. The molecule has 18 heavy (non-hydrogen) atoms. The second-order valence-corrected chi connectivity index (χ2v) is 4.55. The van der Waals surface area contributed by atoms with Crippen LogP contribution in [-0.4, -0.2) is 17.9 Å². The molecule has 0 saturated carbocycles. The van der Waals surface area contributed by atoms with Crippen LogP contribution in [0, 0.1) is 17.2 Å². The molecule has 1 unspecified atom stereocenters. The van der Waals surface area contributed by atoms with Crippen molar-refractivity contribution in [3.05, 3.63) is 35.9 Å². The van der Waals surface area contributed by atoms with Crippen molar-refractivity contribution in [1.82, 2.24) is 4.90 Å². The quantitative estimate of drug-likeness (QED) is 0.772. The Morgan fingerprint density at radius 3 is 2.61 bits per heavy atom. The molecule has 1 aromatic rings. The summed E-state index contributed by atoms with van der Waals surface area (Å²) in [6, 6.07) is 12.1. The summed E-state index contributed by atoms with van der Waals surface area (Å²) < 4.78 is 0. The Bertz CT molecular complexity index is 408. The lowest BCUT2D eigenvalue weighted by molar-refractivity contribution is -0.131. The second-order valence-electron chi connectivity index (χ2n) is 4.55. The number of carbonyl (C=O) groups is 1. The minimum atomic E-state index is -0.152. The van der Waals surface area contributed by atoms with E-state index >= 15 is 0 Å². The van der Waals surface area contributed by atoms with E-state index in [2.05, 4.69) is 6.07 Å². The molecule has 0 aromatic heterocycles. The number of rotatable bonds is 6. The van der Waals surface area contributed by atoms with Crippen molar-refractivity contribution in [2.24, 2.45) is 5.92 Å². The molecule has 3 heteroatoms. The molecule has 0 aliphatic rings. The second kappa shape index (κ2) is 7.50. The van der Waals surface area contributed by atoms with Crippen molar-refractivity contribution in [3.8, 4) is 6.07 Å². The van der Waals surface area contributed by atoms with Gasteiger partial charge in [0.2, 0.25) is 5.91 Å². The Balaban J connectivity index is 2.49. The van der Waals surface area contributed by atoms with Crippen molar-refractivity contribution < 1.29 is 4.79 Å². The highest BCUT2D eigenvalue weighted by molar-refractivity contribution is 5.76. The Labute approximate surface area is 109 Å². The molecule has 1 atom stereocenters. The van der Waals surface area contributed by atoms with Gasteiger partial charge in [0.1, 0.15) is 0 Å². The average Bonchev–Trinajstić information content (AvgIpc) is 2.39. The highest BCUT2D eigenvalue weighted by Gasteiger charge is 2.15. The zero-order chi connectivity index (χ0) is 13.4. The summed E-state index contributed by atoms with van der Waals surface area (Å²) >= 11 is 0. The van der Waals surface area contributed by atoms with E-state index in [1.165, 1.54) is 0 Å². The van der Waals surface area contributed by atoms with Gasteiger partial charge in [0.15, 0.2) is 0 Å². The van der Waals surface area contributed by atoms with Crippen molar-refractivity contribution in [1.29, 1.82) is 5.26 Å². The van der Waals surface area contributed by atoms with Crippen LogP contribution in [0.25, 0.3) is 0 Å². The molecule has 3 nitrogen and oxygen atoms in total. The molecule has 1 aromatic carbocycles. The Morgan fingerprint density at radius 2 is 2.06 bits per heavy atom. The topological polar surface area (TPSA) is 44.1 Å². The van der Waals surface area contributed by atoms with E-state index in [0.29, 0.717) is 13.0 Å². The summed E-state index contributed by atoms with van der Waals surface area (Å²) in [6.45, 7) is 2.63. The standard InChI is InChI=1S/C15H20N2O/c1-3-7-14(11-16)10-15(18)17(2)12-13-8-5-4-6-9-13/h4-6,8-9,14H,3,7,10,12H2,1-2H3. The fourth-order valence-corrected chi connectivity index (χ4v) is 1.87. The van der Waals surface area contributed by atoms with Gasteiger partial charge in [-0.15, -0.1) is 0 Å². The maximum atomic E-state index is 12.0. The lowest BCUT2D eigenvalue weighted by Crippen LogP contribution is -2.27. The smallest absolute Gasteiger partial charge is 0.223 e. The fourth-order valence-electron chi connectivity index (χ4n) is 1.87. The first kappa shape index (κ1) is 14.2. The van der Waals surface area contributed by atoms with Crippen LogP contribution in [0.5, 0.6) is 0 Å². The highest BCUT2D eigenvalue weighted by atomic mass is 16.2. The molecule has 0 spiro atoms. The van der Waals surface area contributed by atoms with E-state index in [0.717, 1.165) is 18.4 Å². The maximum absolute atomic E-state index is 12.0. The first-order valence-corrected chi connectivity index (χ1v) is 6.34. The summed E-state index contributed by atoms with van der Waals surface area (Å²) in [6.07, 6.45) is 2.06. The molecule has 0 fully saturated rings. The van der Waals surface area contributed by atoms with Crippen LogP contribution in [0.1, 0.15) is 31.7 Å². The minimum absolute atomic E-state index is 0.0406. The normalized spacial score (nSPS) is 11.6. The van der Waals surface area contributed by atoms with E-state index in [-0.39, 0.29) is 11.8 Å². The zero-order valence-electron chi connectivity index (χ0n) is 11.1. The molecule has 0 aliphatic heterocycles. The summed E-state index contributed by atoms with van der Waals surface area (Å²) in [5.74, 6) is -0.112. The average molecular weight is 244 g/mol. The molecule has 0 heterocycles. The monoisotopic (exact) mass is 244 g/mol. The third-order valence-electron chi connectivity index (χ3n) is 2.93. The van der Waals surface area contributed by atoms with Crippen molar-refractivity contribution in [2.45, 2.75) is 32.7 Å². The van der Waals surface area contributed by atoms with E-state index in [4.69, 9.17) is 5.26 Å². The number of nitrogens with zero attached hydrogens (tertiary/aromatic N) is 2. The molecule has 96 valence electrons. The van der Waals surface area contributed by atoms with Gasteiger partial charge in [0.25, 0.3) is 0 Å². The van der Waals surface area contributed by atoms with Crippen LogP contribution < -0.4 is 0 Å². The first-order chi connectivity index (χ1) is 8.67. The third-order valence-corrected chi connectivity index (χ3v) is 2.93. The lowest BCUT2D eigenvalue weighted by Gasteiger charge is -2.18. The highest BCUT2D eigenvalue weighted by Crippen LogP contribution is 2.12. The number of nitriles is 1. The SMILES string of the molecule is CCCC(C#N)CC(=O)N(C)Cc1ccccc1. The molecule has 0 saturated heterocycles. The number of hydrogen-bond acceptors (Lipinski definition) is 2. The van der Waals surface area contributed by atoms with E-state index in [1.807, 2.05) is 37.3 Å². The van der Waals surface area contributed by atoms with Gasteiger partial charge in [-0.25, -0.2) is 0 Å². The van der Waals surface area contributed by atoms with Crippen molar-refractivity contribution in [3.63, 3.8) is 0 Å². The largest absolute Gasteiger partial charge is 0.341 e.